The molecule has 0 radical (unpaired) electrons. The Hall–Kier alpha value is -0.520. The van der Waals surface area contributed by atoms with Crippen LogP contribution in [-0.2, 0) is 0 Å². The number of hydrogen-bond acceptors (Lipinski definition) is 0. The van der Waals surface area contributed by atoms with E-state index < -0.39 is 0 Å². The first-order chi connectivity index (χ1) is 4.66. The van der Waals surface area contributed by atoms with Crippen molar-refractivity contribution in [3.05, 3.63) is 24.8 Å². The van der Waals surface area contributed by atoms with Gasteiger partial charge in [0.15, 0.2) is 0 Å². The van der Waals surface area contributed by atoms with E-state index in [1.54, 1.807) is 0 Å². The molecule has 0 aliphatic heterocycles. The van der Waals surface area contributed by atoms with Gasteiger partial charge in [0.1, 0.15) is 0 Å². The highest BCUT2D eigenvalue weighted by molar-refractivity contribution is 4.89. The first-order valence-electron chi connectivity index (χ1n) is 3.96. The zero-order chi connectivity index (χ0) is 7.98. The SMILES string of the molecule is C=CC(C)CC=CC(C)C. The van der Waals surface area contributed by atoms with Gasteiger partial charge >= 0.3 is 0 Å². The van der Waals surface area contributed by atoms with Gasteiger partial charge in [-0.15, -0.1) is 6.58 Å². The Bertz CT molecular complexity index is 109. The standard InChI is InChI=1S/C10H18/c1-5-10(4)8-6-7-9(2)3/h5-7,9-10H,1,8H2,2-4H3. The summed E-state index contributed by atoms with van der Waals surface area (Å²) in [6.45, 7) is 10.3. The van der Waals surface area contributed by atoms with Gasteiger partial charge in [-0.3, -0.25) is 0 Å². The molecule has 0 nitrogen and oxygen atoms in total. The van der Waals surface area contributed by atoms with Crippen LogP contribution in [0.2, 0.25) is 0 Å². The van der Waals surface area contributed by atoms with E-state index in [9.17, 15) is 0 Å². The van der Waals surface area contributed by atoms with Gasteiger partial charge in [-0.2, -0.15) is 0 Å². The lowest BCUT2D eigenvalue weighted by molar-refractivity contribution is 0.734. The largest absolute Gasteiger partial charge is 0.103 e. The summed E-state index contributed by atoms with van der Waals surface area (Å²) in [6.07, 6.45) is 7.59. The van der Waals surface area contributed by atoms with Gasteiger partial charge in [-0.05, 0) is 18.3 Å². The van der Waals surface area contributed by atoms with E-state index in [4.69, 9.17) is 0 Å². The van der Waals surface area contributed by atoms with Crippen molar-refractivity contribution >= 4 is 0 Å². The molecule has 0 aromatic rings. The van der Waals surface area contributed by atoms with Crippen molar-refractivity contribution in [2.24, 2.45) is 11.8 Å². The fourth-order valence-corrected chi connectivity index (χ4v) is 0.662. The Morgan fingerprint density at radius 2 is 1.90 bits per heavy atom. The predicted octanol–water partition coefficient (Wildman–Crippen LogP) is 3.41. The molecular weight excluding hydrogens is 120 g/mol. The van der Waals surface area contributed by atoms with E-state index in [0.29, 0.717) is 11.8 Å². The molecule has 0 spiro atoms. The number of rotatable bonds is 4. The monoisotopic (exact) mass is 138 g/mol. The molecule has 0 N–H and O–H groups in total. The average molecular weight is 138 g/mol. The average Bonchev–Trinajstić information content (AvgIpc) is 1.87. The van der Waals surface area contributed by atoms with Crippen LogP contribution in [0.4, 0.5) is 0 Å². The van der Waals surface area contributed by atoms with Gasteiger partial charge < -0.3 is 0 Å². The van der Waals surface area contributed by atoms with Crippen molar-refractivity contribution in [2.75, 3.05) is 0 Å². The summed E-state index contributed by atoms with van der Waals surface area (Å²) in [6, 6.07) is 0. The van der Waals surface area contributed by atoms with Crippen molar-refractivity contribution in [3.63, 3.8) is 0 Å². The first-order valence-corrected chi connectivity index (χ1v) is 3.96. The molecule has 0 aromatic carbocycles. The van der Waals surface area contributed by atoms with Crippen LogP contribution >= 0.6 is 0 Å². The summed E-state index contributed by atoms with van der Waals surface area (Å²) in [5.41, 5.74) is 0. The molecule has 0 saturated carbocycles. The van der Waals surface area contributed by atoms with Crippen molar-refractivity contribution < 1.29 is 0 Å². The maximum Gasteiger partial charge on any atom is -0.0230 e. The van der Waals surface area contributed by atoms with Crippen molar-refractivity contribution in [2.45, 2.75) is 27.2 Å². The Morgan fingerprint density at radius 3 is 2.30 bits per heavy atom. The minimum Gasteiger partial charge on any atom is -0.103 e. The summed E-state index contributed by atoms with van der Waals surface area (Å²) >= 11 is 0. The van der Waals surface area contributed by atoms with Crippen LogP contribution in [0.15, 0.2) is 24.8 Å². The molecule has 0 aliphatic rings. The molecule has 0 rings (SSSR count). The molecule has 1 atom stereocenters. The van der Waals surface area contributed by atoms with Crippen LogP contribution < -0.4 is 0 Å². The van der Waals surface area contributed by atoms with Crippen molar-refractivity contribution in [1.82, 2.24) is 0 Å². The van der Waals surface area contributed by atoms with Gasteiger partial charge in [-0.25, -0.2) is 0 Å². The third kappa shape index (κ3) is 5.61. The summed E-state index contributed by atoms with van der Waals surface area (Å²) < 4.78 is 0. The maximum absolute atomic E-state index is 3.72. The van der Waals surface area contributed by atoms with E-state index >= 15 is 0 Å². The Balaban J connectivity index is 3.42. The van der Waals surface area contributed by atoms with Crippen LogP contribution in [0.5, 0.6) is 0 Å². The third-order valence-corrected chi connectivity index (χ3v) is 1.43. The van der Waals surface area contributed by atoms with Crippen LogP contribution in [0, 0.1) is 11.8 Å². The van der Waals surface area contributed by atoms with Crippen LogP contribution in [0.1, 0.15) is 27.2 Å². The van der Waals surface area contributed by atoms with Crippen molar-refractivity contribution in [1.29, 1.82) is 0 Å². The number of allylic oxidation sites excluding steroid dienone is 3. The molecule has 1 unspecified atom stereocenters. The van der Waals surface area contributed by atoms with E-state index in [0.717, 1.165) is 6.42 Å². The Morgan fingerprint density at radius 1 is 1.30 bits per heavy atom. The fourth-order valence-electron chi connectivity index (χ4n) is 0.662. The van der Waals surface area contributed by atoms with E-state index in [1.807, 2.05) is 6.08 Å². The van der Waals surface area contributed by atoms with Gasteiger partial charge in [0, 0.05) is 0 Å². The molecule has 10 heavy (non-hydrogen) atoms. The Labute approximate surface area is 64.6 Å². The second-order valence-electron chi connectivity index (χ2n) is 3.12. The second kappa shape index (κ2) is 5.28. The summed E-state index contributed by atoms with van der Waals surface area (Å²) in [7, 11) is 0. The van der Waals surface area contributed by atoms with E-state index in [1.165, 1.54) is 0 Å². The first kappa shape index (κ1) is 9.48. The molecule has 0 heteroatoms. The van der Waals surface area contributed by atoms with E-state index in [2.05, 4.69) is 39.5 Å². The highest BCUT2D eigenvalue weighted by Crippen LogP contribution is 2.04. The smallest absolute Gasteiger partial charge is 0.0230 e. The lowest BCUT2D eigenvalue weighted by Crippen LogP contribution is -1.85. The molecule has 0 aliphatic carbocycles. The lowest BCUT2D eigenvalue weighted by Gasteiger charge is -1.99. The molecule has 58 valence electrons. The summed E-state index contributed by atoms with van der Waals surface area (Å²) in [4.78, 5) is 0. The lowest BCUT2D eigenvalue weighted by atomic mass is 10.1. The summed E-state index contributed by atoms with van der Waals surface area (Å²) in [5.74, 6) is 1.30. The summed E-state index contributed by atoms with van der Waals surface area (Å²) in [5, 5.41) is 0. The zero-order valence-electron chi connectivity index (χ0n) is 7.30. The fraction of sp³-hybridized carbons (Fsp3) is 0.600. The molecular formula is C10H18. The minimum atomic E-state index is 0.620. The molecule has 0 saturated heterocycles. The molecule has 0 bridgehead atoms. The number of hydrogen-bond donors (Lipinski definition) is 0. The molecule has 0 heterocycles. The van der Waals surface area contributed by atoms with Gasteiger partial charge in [0.2, 0.25) is 0 Å². The maximum atomic E-state index is 3.72. The topological polar surface area (TPSA) is 0 Å². The van der Waals surface area contributed by atoms with Gasteiger partial charge in [0.05, 0.1) is 0 Å². The minimum absolute atomic E-state index is 0.620. The van der Waals surface area contributed by atoms with Crippen molar-refractivity contribution in [3.8, 4) is 0 Å². The van der Waals surface area contributed by atoms with Crippen LogP contribution in [0.3, 0.4) is 0 Å². The predicted molar refractivity (Wildman–Crippen MR) is 48.0 cm³/mol. The molecule has 0 fully saturated rings. The second-order valence-corrected chi connectivity index (χ2v) is 3.12. The Kier molecular flexibility index (Phi) is 5.00. The van der Waals surface area contributed by atoms with Crippen LogP contribution in [0.25, 0.3) is 0 Å². The zero-order valence-corrected chi connectivity index (χ0v) is 7.30. The van der Waals surface area contributed by atoms with E-state index in [-0.39, 0.29) is 0 Å². The third-order valence-electron chi connectivity index (χ3n) is 1.43. The normalized spacial score (nSPS) is 14.4. The highest BCUT2D eigenvalue weighted by atomic mass is 14.0. The molecule has 0 amide bonds. The quantitative estimate of drug-likeness (QED) is 0.522. The van der Waals surface area contributed by atoms with Crippen LogP contribution in [-0.4, -0.2) is 0 Å². The highest BCUT2D eigenvalue weighted by Gasteiger charge is 1.90. The van der Waals surface area contributed by atoms with Gasteiger partial charge in [-0.1, -0.05) is 39.0 Å². The van der Waals surface area contributed by atoms with Gasteiger partial charge in [0.25, 0.3) is 0 Å². The molecule has 0 aromatic heterocycles.